The molecule has 1 unspecified atom stereocenters. The van der Waals surface area contributed by atoms with E-state index < -0.39 is 0 Å². The van der Waals surface area contributed by atoms with E-state index in [9.17, 15) is 14.4 Å². The van der Waals surface area contributed by atoms with Gasteiger partial charge in [0.05, 0.1) is 10.9 Å². The maximum atomic E-state index is 13.0. The van der Waals surface area contributed by atoms with Crippen molar-refractivity contribution < 1.29 is 14.4 Å². The lowest BCUT2D eigenvalue weighted by Gasteiger charge is -2.36. The summed E-state index contributed by atoms with van der Waals surface area (Å²) in [7, 11) is 1.88. The van der Waals surface area contributed by atoms with Gasteiger partial charge in [-0.1, -0.05) is 6.07 Å². The summed E-state index contributed by atoms with van der Waals surface area (Å²) in [6.07, 6.45) is 10.2. The van der Waals surface area contributed by atoms with Gasteiger partial charge in [-0.2, -0.15) is 0 Å². The minimum atomic E-state index is -0.332. The molecular formula is C22H24N4O3S. The third kappa shape index (κ3) is 4.18. The number of piperidine rings is 1. The van der Waals surface area contributed by atoms with Crippen molar-refractivity contribution in [1.82, 2.24) is 19.4 Å². The fourth-order valence-electron chi connectivity index (χ4n) is 3.95. The zero-order valence-electron chi connectivity index (χ0n) is 16.9. The van der Waals surface area contributed by atoms with Gasteiger partial charge in [0.15, 0.2) is 0 Å². The third-order valence-electron chi connectivity index (χ3n) is 5.58. The smallest absolute Gasteiger partial charge is 0.293 e. The standard InChI is InChI=1S/C22H24N4O3S/c1-24-11-5-7-17(24)14-19-21(28)26(22(29)30-19)13-9-20(27)25-12-3-2-8-18(25)16-6-4-10-23-15-16/h4-7,10-11,14-15,18H,2-3,8-9,12-13H2,1H3. The van der Waals surface area contributed by atoms with Gasteiger partial charge in [-0.25, -0.2) is 0 Å². The number of aromatic nitrogens is 2. The predicted octanol–water partition coefficient (Wildman–Crippen LogP) is 3.60. The Morgan fingerprint density at radius 3 is 2.87 bits per heavy atom. The summed E-state index contributed by atoms with van der Waals surface area (Å²) in [5.41, 5.74) is 1.88. The number of imide groups is 1. The van der Waals surface area contributed by atoms with Crippen LogP contribution in [0.4, 0.5) is 4.79 Å². The first-order valence-corrected chi connectivity index (χ1v) is 10.9. The second-order valence-corrected chi connectivity index (χ2v) is 8.51. The molecule has 2 aliphatic heterocycles. The molecule has 4 rings (SSSR count). The quantitative estimate of drug-likeness (QED) is 0.686. The first-order chi connectivity index (χ1) is 14.5. The highest BCUT2D eigenvalue weighted by Gasteiger charge is 2.36. The van der Waals surface area contributed by atoms with Crippen LogP contribution in [0.15, 0.2) is 47.8 Å². The van der Waals surface area contributed by atoms with Crippen LogP contribution in [0.3, 0.4) is 0 Å². The minimum Gasteiger partial charge on any atom is -0.351 e. The van der Waals surface area contributed by atoms with Crippen LogP contribution >= 0.6 is 11.8 Å². The molecule has 2 fully saturated rings. The third-order valence-corrected chi connectivity index (χ3v) is 6.49. The Morgan fingerprint density at radius 2 is 2.13 bits per heavy atom. The lowest BCUT2D eigenvalue weighted by atomic mass is 9.96. The zero-order chi connectivity index (χ0) is 21.1. The summed E-state index contributed by atoms with van der Waals surface area (Å²) < 4.78 is 1.88. The van der Waals surface area contributed by atoms with Crippen LogP contribution in [0.1, 0.15) is 43.0 Å². The van der Waals surface area contributed by atoms with E-state index in [0.717, 1.165) is 42.3 Å². The summed E-state index contributed by atoms with van der Waals surface area (Å²) in [6.45, 7) is 0.790. The zero-order valence-corrected chi connectivity index (χ0v) is 17.7. The van der Waals surface area contributed by atoms with E-state index in [-0.39, 0.29) is 36.1 Å². The SMILES string of the molecule is Cn1cccc1C=C1SC(=O)N(CCC(=O)N2CCCCC2c2cccnc2)C1=O. The monoisotopic (exact) mass is 424 g/mol. The Morgan fingerprint density at radius 1 is 1.27 bits per heavy atom. The van der Waals surface area contributed by atoms with E-state index in [1.165, 1.54) is 4.90 Å². The number of aryl methyl sites for hydroxylation is 1. The highest BCUT2D eigenvalue weighted by Crippen LogP contribution is 2.33. The van der Waals surface area contributed by atoms with Crippen LogP contribution in [-0.4, -0.2) is 49.5 Å². The molecule has 0 aromatic carbocycles. The van der Waals surface area contributed by atoms with Crippen molar-refractivity contribution in [3.8, 4) is 0 Å². The molecule has 30 heavy (non-hydrogen) atoms. The van der Waals surface area contributed by atoms with Crippen LogP contribution in [0.25, 0.3) is 6.08 Å². The molecule has 0 aliphatic carbocycles. The van der Waals surface area contributed by atoms with E-state index in [1.807, 2.05) is 47.0 Å². The number of nitrogens with zero attached hydrogens (tertiary/aromatic N) is 4. The van der Waals surface area contributed by atoms with Crippen LogP contribution in [-0.2, 0) is 16.6 Å². The number of rotatable bonds is 5. The lowest BCUT2D eigenvalue weighted by molar-refractivity contribution is -0.135. The van der Waals surface area contributed by atoms with Gasteiger partial charge >= 0.3 is 0 Å². The fraction of sp³-hybridized carbons (Fsp3) is 0.364. The normalized spacial score (nSPS) is 21.0. The fourth-order valence-corrected chi connectivity index (χ4v) is 4.80. The van der Waals surface area contributed by atoms with Crippen molar-refractivity contribution in [2.45, 2.75) is 31.7 Å². The molecule has 4 heterocycles. The Labute approximate surface area is 179 Å². The maximum Gasteiger partial charge on any atom is 0.293 e. The molecule has 0 saturated carbocycles. The molecule has 3 amide bonds. The molecule has 0 bridgehead atoms. The molecule has 2 aromatic rings. The van der Waals surface area contributed by atoms with Crippen molar-refractivity contribution in [2.75, 3.05) is 13.1 Å². The van der Waals surface area contributed by atoms with Crippen LogP contribution in [0.2, 0.25) is 0 Å². The number of carbonyl (C=O) groups is 3. The molecular weight excluding hydrogens is 400 g/mol. The molecule has 2 saturated heterocycles. The summed E-state index contributed by atoms with van der Waals surface area (Å²) in [6, 6.07) is 7.64. The average Bonchev–Trinajstić information content (AvgIpc) is 3.29. The number of thioether (sulfide) groups is 1. The molecule has 0 radical (unpaired) electrons. The molecule has 0 spiro atoms. The van der Waals surface area contributed by atoms with Gasteiger partial charge in [-0.15, -0.1) is 0 Å². The molecule has 156 valence electrons. The van der Waals surface area contributed by atoms with E-state index in [1.54, 1.807) is 18.5 Å². The molecule has 8 heteroatoms. The molecule has 7 nitrogen and oxygen atoms in total. The lowest BCUT2D eigenvalue weighted by Crippen LogP contribution is -2.40. The first-order valence-electron chi connectivity index (χ1n) is 10.1. The van der Waals surface area contributed by atoms with Crippen molar-refractivity contribution in [3.05, 3.63) is 59.0 Å². The molecule has 0 N–H and O–H groups in total. The van der Waals surface area contributed by atoms with E-state index >= 15 is 0 Å². The Bertz CT molecular complexity index is 985. The highest BCUT2D eigenvalue weighted by molar-refractivity contribution is 8.18. The molecule has 1 atom stereocenters. The van der Waals surface area contributed by atoms with Crippen molar-refractivity contribution in [3.63, 3.8) is 0 Å². The number of pyridine rings is 1. The minimum absolute atomic E-state index is 0.00658. The molecule has 2 aliphatic rings. The number of likely N-dealkylation sites (tertiary alicyclic amines) is 1. The summed E-state index contributed by atoms with van der Waals surface area (Å²) in [4.78, 5) is 45.7. The highest BCUT2D eigenvalue weighted by atomic mass is 32.2. The van der Waals surface area contributed by atoms with Crippen molar-refractivity contribution >= 4 is 34.9 Å². The van der Waals surface area contributed by atoms with Crippen LogP contribution < -0.4 is 0 Å². The largest absolute Gasteiger partial charge is 0.351 e. The second kappa shape index (κ2) is 8.87. The maximum absolute atomic E-state index is 13.0. The Hall–Kier alpha value is -2.87. The van der Waals surface area contributed by atoms with E-state index in [2.05, 4.69) is 4.98 Å². The van der Waals surface area contributed by atoms with Gasteiger partial charge in [0.2, 0.25) is 5.91 Å². The molecule has 2 aromatic heterocycles. The average molecular weight is 425 g/mol. The van der Waals surface area contributed by atoms with Crippen LogP contribution in [0.5, 0.6) is 0 Å². The number of hydrogen-bond acceptors (Lipinski definition) is 5. The number of hydrogen-bond donors (Lipinski definition) is 0. The van der Waals surface area contributed by atoms with E-state index in [4.69, 9.17) is 0 Å². The summed E-state index contributed by atoms with van der Waals surface area (Å²) >= 11 is 0.925. The van der Waals surface area contributed by atoms with Gasteiger partial charge in [0, 0.05) is 50.8 Å². The van der Waals surface area contributed by atoms with Crippen LogP contribution in [0, 0.1) is 0 Å². The number of carbonyl (C=O) groups excluding carboxylic acids is 3. The summed E-state index contributed by atoms with van der Waals surface area (Å²) in [5, 5.41) is -0.323. The van der Waals surface area contributed by atoms with Gasteiger partial charge in [0.1, 0.15) is 0 Å². The van der Waals surface area contributed by atoms with Gasteiger partial charge in [0.25, 0.3) is 11.1 Å². The topological polar surface area (TPSA) is 75.5 Å². The number of amides is 3. The van der Waals surface area contributed by atoms with Crippen molar-refractivity contribution in [1.29, 1.82) is 0 Å². The Kier molecular flexibility index (Phi) is 6.03. The van der Waals surface area contributed by atoms with Crippen molar-refractivity contribution in [2.24, 2.45) is 7.05 Å². The van der Waals surface area contributed by atoms with Gasteiger partial charge in [-0.05, 0) is 60.9 Å². The first kappa shape index (κ1) is 20.4. The second-order valence-electron chi connectivity index (χ2n) is 7.51. The van der Waals surface area contributed by atoms with Gasteiger partial charge < -0.3 is 9.47 Å². The summed E-state index contributed by atoms with van der Waals surface area (Å²) in [5.74, 6) is -0.365. The Balaban J connectivity index is 1.42. The van der Waals surface area contributed by atoms with E-state index in [0.29, 0.717) is 11.4 Å². The predicted molar refractivity (Wildman–Crippen MR) is 115 cm³/mol. The van der Waals surface area contributed by atoms with Gasteiger partial charge in [-0.3, -0.25) is 24.3 Å².